The molecule has 2 aromatic rings. The van der Waals surface area contributed by atoms with Gasteiger partial charge in [-0.3, -0.25) is 4.79 Å². The number of aliphatic hydroxyl groups excluding tert-OH is 1. The van der Waals surface area contributed by atoms with Crippen LogP contribution in [0.3, 0.4) is 0 Å². The predicted molar refractivity (Wildman–Crippen MR) is 92.4 cm³/mol. The van der Waals surface area contributed by atoms with Crippen molar-refractivity contribution < 1.29 is 19.0 Å². The fraction of sp³-hybridized carbons (Fsp3) is 0.350. The third kappa shape index (κ3) is 4.65. The number of β-amino-alcohol motifs (C(OH)–C–C–N with tert-alkyl or cyclic N) is 1. The van der Waals surface area contributed by atoms with E-state index in [1.54, 1.807) is 17.0 Å². The highest BCUT2D eigenvalue weighted by Gasteiger charge is 2.35. The van der Waals surface area contributed by atoms with Gasteiger partial charge in [0.15, 0.2) is 0 Å². The van der Waals surface area contributed by atoms with E-state index in [9.17, 15) is 14.3 Å². The standard InChI is InChI=1S/C20H22FNO3/c21-17-8-6-16(7-9-17)19-12-18(23)13-22(19)20(24)14-25-11-10-15-4-2-1-3-5-15/h1-9,18-19,23H,10-14H2. The number of aliphatic hydroxyl groups is 1. The van der Waals surface area contributed by atoms with Gasteiger partial charge in [0, 0.05) is 6.54 Å². The highest BCUT2D eigenvalue weighted by atomic mass is 19.1. The zero-order valence-corrected chi connectivity index (χ0v) is 14.0. The first-order valence-corrected chi connectivity index (χ1v) is 8.48. The lowest BCUT2D eigenvalue weighted by Crippen LogP contribution is -2.34. The molecule has 1 saturated heterocycles. The summed E-state index contributed by atoms with van der Waals surface area (Å²) in [5.41, 5.74) is 1.99. The van der Waals surface area contributed by atoms with Crippen LogP contribution in [0.15, 0.2) is 54.6 Å². The molecule has 25 heavy (non-hydrogen) atoms. The molecule has 0 bridgehead atoms. The van der Waals surface area contributed by atoms with Crippen LogP contribution >= 0.6 is 0 Å². The van der Waals surface area contributed by atoms with Crippen molar-refractivity contribution in [2.45, 2.75) is 25.0 Å². The minimum absolute atomic E-state index is 0.0166. The topological polar surface area (TPSA) is 49.8 Å². The van der Waals surface area contributed by atoms with Crippen molar-refractivity contribution in [3.8, 4) is 0 Å². The number of halogens is 1. The van der Waals surface area contributed by atoms with Gasteiger partial charge in [-0.1, -0.05) is 42.5 Å². The molecule has 2 unspecified atom stereocenters. The second-order valence-corrected chi connectivity index (χ2v) is 6.29. The third-order valence-electron chi connectivity index (χ3n) is 4.46. The Hall–Kier alpha value is -2.24. The van der Waals surface area contributed by atoms with Gasteiger partial charge >= 0.3 is 0 Å². The zero-order valence-electron chi connectivity index (χ0n) is 14.0. The summed E-state index contributed by atoms with van der Waals surface area (Å²) in [6, 6.07) is 15.8. The molecule has 0 saturated carbocycles. The van der Waals surface area contributed by atoms with Gasteiger partial charge in [0.1, 0.15) is 12.4 Å². The smallest absolute Gasteiger partial charge is 0.249 e. The normalized spacial score (nSPS) is 20.0. The summed E-state index contributed by atoms with van der Waals surface area (Å²) in [7, 11) is 0. The number of likely N-dealkylation sites (tertiary alicyclic amines) is 1. The Morgan fingerprint density at radius 2 is 1.88 bits per heavy atom. The van der Waals surface area contributed by atoms with Gasteiger partial charge in [0.25, 0.3) is 0 Å². The highest BCUT2D eigenvalue weighted by molar-refractivity contribution is 5.78. The molecule has 1 amide bonds. The summed E-state index contributed by atoms with van der Waals surface area (Å²) in [4.78, 5) is 14.1. The van der Waals surface area contributed by atoms with Gasteiger partial charge < -0.3 is 14.7 Å². The summed E-state index contributed by atoms with van der Waals surface area (Å²) in [6.45, 7) is 0.730. The van der Waals surface area contributed by atoms with Crippen molar-refractivity contribution in [3.05, 3.63) is 71.5 Å². The molecule has 1 heterocycles. The molecule has 0 aromatic heterocycles. The second-order valence-electron chi connectivity index (χ2n) is 6.29. The molecular weight excluding hydrogens is 321 g/mol. The molecule has 132 valence electrons. The molecule has 0 spiro atoms. The average molecular weight is 343 g/mol. The maximum absolute atomic E-state index is 13.1. The summed E-state index contributed by atoms with van der Waals surface area (Å²) in [5, 5.41) is 9.95. The second kappa shape index (κ2) is 8.23. The Labute approximate surface area is 146 Å². The van der Waals surface area contributed by atoms with Crippen molar-refractivity contribution in [3.63, 3.8) is 0 Å². The Kier molecular flexibility index (Phi) is 5.79. The van der Waals surface area contributed by atoms with Gasteiger partial charge in [-0.15, -0.1) is 0 Å². The highest BCUT2D eigenvalue weighted by Crippen LogP contribution is 2.32. The van der Waals surface area contributed by atoms with Gasteiger partial charge in [-0.25, -0.2) is 4.39 Å². The molecule has 0 radical (unpaired) electrons. The summed E-state index contributed by atoms with van der Waals surface area (Å²) in [5.74, 6) is -0.469. The fourth-order valence-corrected chi connectivity index (χ4v) is 3.17. The van der Waals surface area contributed by atoms with Crippen LogP contribution in [-0.4, -0.2) is 41.8 Å². The van der Waals surface area contributed by atoms with E-state index >= 15 is 0 Å². The molecular formula is C20H22FNO3. The lowest BCUT2D eigenvalue weighted by atomic mass is 10.0. The number of nitrogens with zero attached hydrogens (tertiary/aromatic N) is 1. The number of benzene rings is 2. The van der Waals surface area contributed by atoms with Crippen LogP contribution in [-0.2, 0) is 16.0 Å². The first-order valence-electron chi connectivity index (χ1n) is 8.48. The zero-order chi connectivity index (χ0) is 17.6. The quantitative estimate of drug-likeness (QED) is 0.821. The fourth-order valence-electron chi connectivity index (χ4n) is 3.17. The Morgan fingerprint density at radius 1 is 1.16 bits per heavy atom. The molecule has 1 fully saturated rings. The predicted octanol–water partition coefficient (Wildman–Crippen LogP) is 2.72. The monoisotopic (exact) mass is 343 g/mol. The van der Waals surface area contributed by atoms with Crippen LogP contribution in [0.5, 0.6) is 0 Å². The number of amides is 1. The van der Waals surface area contributed by atoms with E-state index in [1.807, 2.05) is 30.3 Å². The van der Waals surface area contributed by atoms with Crippen LogP contribution in [0.2, 0.25) is 0 Å². The van der Waals surface area contributed by atoms with Crippen molar-refractivity contribution in [2.75, 3.05) is 19.8 Å². The summed E-state index contributed by atoms with van der Waals surface area (Å²) >= 11 is 0. The first-order chi connectivity index (χ1) is 12.1. The van der Waals surface area contributed by atoms with E-state index in [-0.39, 0.29) is 30.9 Å². The van der Waals surface area contributed by atoms with Gasteiger partial charge in [-0.2, -0.15) is 0 Å². The Morgan fingerprint density at radius 3 is 2.60 bits per heavy atom. The molecule has 1 aliphatic heterocycles. The van der Waals surface area contributed by atoms with Crippen molar-refractivity contribution in [1.82, 2.24) is 4.90 Å². The van der Waals surface area contributed by atoms with Crippen molar-refractivity contribution in [1.29, 1.82) is 0 Å². The van der Waals surface area contributed by atoms with Crippen LogP contribution in [0.4, 0.5) is 4.39 Å². The van der Waals surface area contributed by atoms with E-state index in [0.29, 0.717) is 13.0 Å². The minimum atomic E-state index is -0.566. The molecule has 2 aromatic carbocycles. The maximum Gasteiger partial charge on any atom is 0.249 e. The SMILES string of the molecule is O=C(COCCc1ccccc1)N1CC(O)CC1c1ccc(F)cc1. The molecule has 4 nitrogen and oxygen atoms in total. The van der Waals surface area contributed by atoms with Crippen LogP contribution in [0.25, 0.3) is 0 Å². The van der Waals surface area contributed by atoms with E-state index in [4.69, 9.17) is 4.74 Å². The number of carbonyl (C=O) groups is 1. The van der Waals surface area contributed by atoms with E-state index in [2.05, 4.69) is 0 Å². The van der Waals surface area contributed by atoms with Crippen LogP contribution in [0.1, 0.15) is 23.6 Å². The lowest BCUT2D eigenvalue weighted by Gasteiger charge is -2.24. The third-order valence-corrected chi connectivity index (χ3v) is 4.46. The summed E-state index contributed by atoms with van der Waals surface area (Å²) < 4.78 is 18.6. The number of carbonyl (C=O) groups excluding carboxylic acids is 1. The Bertz CT molecular complexity index is 690. The van der Waals surface area contributed by atoms with Crippen LogP contribution < -0.4 is 0 Å². The number of rotatable bonds is 6. The number of ether oxygens (including phenoxy) is 1. The molecule has 1 aliphatic rings. The largest absolute Gasteiger partial charge is 0.391 e. The molecule has 2 atom stereocenters. The molecule has 3 rings (SSSR count). The maximum atomic E-state index is 13.1. The Balaban J connectivity index is 1.53. The van der Waals surface area contributed by atoms with Crippen molar-refractivity contribution >= 4 is 5.91 Å². The summed E-state index contributed by atoms with van der Waals surface area (Å²) in [6.07, 6.45) is 0.641. The van der Waals surface area contributed by atoms with Gasteiger partial charge in [-0.05, 0) is 36.1 Å². The minimum Gasteiger partial charge on any atom is -0.391 e. The van der Waals surface area contributed by atoms with Crippen LogP contribution in [0, 0.1) is 5.82 Å². The molecule has 1 N–H and O–H groups in total. The number of hydrogen-bond acceptors (Lipinski definition) is 3. The average Bonchev–Trinajstić information content (AvgIpc) is 3.02. The van der Waals surface area contributed by atoms with Crippen molar-refractivity contribution in [2.24, 2.45) is 0 Å². The molecule has 5 heteroatoms. The first kappa shape index (κ1) is 17.6. The molecule has 0 aliphatic carbocycles. The van der Waals surface area contributed by atoms with Gasteiger partial charge in [0.2, 0.25) is 5.91 Å². The van der Waals surface area contributed by atoms with E-state index in [0.717, 1.165) is 17.5 Å². The van der Waals surface area contributed by atoms with Gasteiger partial charge in [0.05, 0.1) is 18.8 Å². The number of hydrogen-bond donors (Lipinski definition) is 1. The lowest BCUT2D eigenvalue weighted by molar-refractivity contribution is -0.137. The van der Waals surface area contributed by atoms with E-state index in [1.165, 1.54) is 12.1 Å². The van der Waals surface area contributed by atoms with E-state index < -0.39 is 6.10 Å².